The number of likely N-dealkylation sites (tertiary alicyclic amines) is 1. The van der Waals surface area contributed by atoms with Crippen molar-refractivity contribution in [3.63, 3.8) is 0 Å². The Hall–Kier alpha value is -3.15. The van der Waals surface area contributed by atoms with Crippen molar-refractivity contribution in [3.8, 4) is 5.75 Å². The van der Waals surface area contributed by atoms with Crippen LogP contribution in [0.2, 0.25) is 0 Å². The number of piperidine rings is 1. The lowest BCUT2D eigenvalue weighted by molar-refractivity contribution is 0.0599. The Labute approximate surface area is 199 Å². The summed E-state index contributed by atoms with van der Waals surface area (Å²) >= 11 is 0. The van der Waals surface area contributed by atoms with Crippen molar-refractivity contribution >= 4 is 27.5 Å². The number of aryl methyl sites for hydroxylation is 1. The van der Waals surface area contributed by atoms with Crippen LogP contribution in [0, 0.1) is 6.92 Å². The van der Waals surface area contributed by atoms with Crippen LogP contribution >= 0.6 is 0 Å². The average Bonchev–Trinajstić information content (AvgIpc) is 3.20. The molecule has 0 spiro atoms. The van der Waals surface area contributed by atoms with Gasteiger partial charge in [0.2, 0.25) is 0 Å². The fourth-order valence-corrected chi connectivity index (χ4v) is 5.17. The lowest BCUT2D eigenvalue weighted by atomic mass is 9.88. The summed E-state index contributed by atoms with van der Waals surface area (Å²) in [5.74, 6) is 1.46. The van der Waals surface area contributed by atoms with Gasteiger partial charge in [0.15, 0.2) is 11.5 Å². The van der Waals surface area contributed by atoms with E-state index in [1.54, 1.807) is 0 Å². The first-order valence-electron chi connectivity index (χ1n) is 12.0. The Morgan fingerprint density at radius 1 is 1.09 bits per heavy atom. The van der Waals surface area contributed by atoms with Crippen LogP contribution in [0.5, 0.6) is 5.75 Å². The summed E-state index contributed by atoms with van der Waals surface area (Å²) < 4.78 is 11.7. The predicted octanol–water partition coefficient (Wildman–Crippen LogP) is 5.72. The molecule has 1 N–H and O–H groups in total. The molecule has 34 heavy (non-hydrogen) atoms. The molecule has 1 fully saturated rings. The van der Waals surface area contributed by atoms with Gasteiger partial charge in [-0.1, -0.05) is 48.5 Å². The zero-order valence-corrected chi connectivity index (χ0v) is 19.8. The summed E-state index contributed by atoms with van der Waals surface area (Å²) in [5, 5.41) is 14.0. The Kier molecular flexibility index (Phi) is 6.40. The van der Waals surface area contributed by atoms with Crippen molar-refractivity contribution in [1.82, 2.24) is 4.90 Å². The number of rotatable bonds is 7. The molecule has 1 aromatic heterocycles. The number of aliphatic hydroxyl groups excluding tert-OH is 1. The first-order valence-corrected chi connectivity index (χ1v) is 12.0. The van der Waals surface area contributed by atoms with Gasteiger partial charge in [0.25, 0.3) is 0 Å². The van der Waals surface area contributed by atoms with Crippen LogP contribution in [0.3, 0.4) is 0 Å². The highest BCUT2D eigenvalue weighted by molar-refractivity contribution is 6.00. The summed E-state index contributed by atoms with van der Waals surface area (Å²) in [6, 6.07) is 20.8. The number of nitrogens with zero attached hydrogens (tertiary/aromatic N) is 1. The molecule has 0 saturated carbocycles. The molecule has 5 nitrogen and oxygen atoms in total. The first kappa shape index (κ1) is 22.6. The minimum Gasteiger partial charge on any atom is -0.490 e. The molecule has 0 amide bonds. The second-order valence-electron chi connectivity index (χ2n) is 9.39. The standard InChI is InChI=1S/C29H31NO4/c1-19-28-26(8-5-9-27(28)34-29(19)20(2)31)33-18-25(32)17-30-14-12-22(13-15-30)24-11-10-21-6-3-4-7-23(21)16-24/h3-11,16,22,25,32H,12-15,17-18H2,1-2H3/t25-/m0/s1. The Morgan fingerprint density at radius 3 is 2.62 bits per heavy atom. The number of aliphatic hydroxyl groups is 1. The maximum Gasteiger partial charge on any atom is 0.195 e. The smallest absolute Gasteiger partial charge is 0.195 e. The van der Waals surface area contributed by atoms with Crippen LogP contribution in [0.15, 0.2) is 65.1 Å². The first-order chi connectivity index (χ1) is 16.5. The molecule has 5 rings (SSSR count). The molecule has 1 saturated heterocycles. The minimum absolute atomic E-state index is 0.105. The van der Waals surface area contributed by atoms with Crippen molar-refractivity contribution in [3.05, 3.63) is 77.6 Å². The molecule has 4 aromatic rings. The van der Waals surface area contributed by atoms with Gasteiger partial charge in [-0.05, 0) is 67.2 Å². The van der Waals surface area contributed by atoms with Crippen LogP contribution in [0.1, 0.15) is 47.4 Å². The van der Waals surface area contributed by atoms with Gasteiger partial charge in [0.1, 0.15) is 24.0 Å². The Bertz CT molecular complexity index is 1320. The van der Waals surface area contributed by atoms with E-state index in [0.717, 1.165) is 36.9 Å². The highest BCUT2D eigenvalue weighted by atomic mass is 16.5. The molecule has 0 bridgehead atoms. The summed E-state index contributed by atoms with van der Waals surface area (Å²) in [4.78, 5) is 14.1. The van der Waals surface area contributed by atoms with E-state index in [0.29, 0.717) is 29.6 Å². The average molecular weight is 458 g/mol. The fourth-order valence-electron chi connectivity index (χ4n) is 5.17. The highest BCUT2D eigenvalue weighted by Gasteiger charge is 2.23. The van der Waals surface area contributed by atoms with Crippen molar-refractivity contribution < 1.29 is 19.1 Å². The Morgan fingerprint density at radius 2 is 1.85 bits per heavy atom. The van der Waals surface area contributed by atoms with Crippen molar-refractivity contribution in [2.24, 2.45) is 0 Å². The number of β-amino-alcohol motifs (C(OH)–C–C–N with tert-alkyl or cyclic N) is 1. The number of hydrogen-bond donors (Lipinski definition) is 1. The maximum atomic E-state index is 11.8. The third-order valence-electron chi connectivity index (χ3n) is 6.97. The normalized spacial score (nSPS) is 16.2. The van der Waals surface area contributed by atoms with Crippen LogP contribution in [-0.4, -0.2) is 48.1 Å². The number of carbonyl (C=O) groups excluding carboxylic acids is 1. The van der Waals surface area contributed by atoms with Crippen molar-refractivity contribution in [2.45, 2.75) is 38.7 Å². The molecule has 0 unspecified atom stereocenters. The Balaban J connectivity index is 1.16. The number of Topliss-reactive ketones (excluding diaryl/α,β-unsaturated/α-hetero) is 1. The second kappa shape index (κ2) is 9.61. The molecular formula is C29H31NO4. The van der Waals surface area contributed by atoms with Crippen LogP contribution in [-0.2, 0) is 0 Å². The fraction of sp³-hybridized carbons (Fsp3) is 0.345. The van der Waals surface area contributed by atoms with Crippen LogP contribution < -0.4 is 4.74 Å². The molecule has 1 atom stereocenters. The topological polar surface area (TPSA) is 62.9 Å². The van der Waals surface area contributed by atoms with E-state index in [9.17, 15) is 9.90 Å². The largest absolute Gasteiger partial charge is 0.490 e. The van der Waals surface area contributed by atoms with Gasteiger partial charge in [-0.15, -0.1) is 0 Å². The quantitative estimate of drug-likeness (QED) is 0.360. The van der Waals surface area contributed by atoms with E-state index < -0.39 is 6.10 Å². The van der Waals surface area contributed by atoms with Crippen LogP contribution in [0.25, 0.3) is 21.7 Å². The number of furan rings is 1. The van der Waals surface area contributed by atoms with Crippen LogP contribution in [0.4, 0.5) is 0 Å². The number of fused-ring (bicyclic) bond motifs is 2. The van der Waals surface area contributed by atoms with E-state index in [1.807, 2.05) is 25.1 Å². The highest BCUT2D eigenvalue weighted by Crippen LogP contribution is 2.34. The van der Waals surface area contributed by atoms with Gasteiger partial charge < -0.3 is 19.2 Å². The van der Waals surface area contributed by atoms with Gasteiger partial charge in [-0.3, -0.25) is 4.79 Å². The van der Waals surface area contributed by atoms with Gasteiger partial charge in [0, 0.05) is 19.0 Å². The number of benzene rings is 3. The molecule has 5 heteroatoms. The molecule has 1 aliphatic heterocycles. The zero-order valence-electron chi connectivity index (χ0n) is 19.8. The second-order valence-corrected chi connectivity index (χ2v) is 9.39. The SMILES string of the molecule is CC(=O)c1oc2cccc(OC[C@@H](O)CN3CCC(c4ccc5ccccc5c4)CC3)c2c1C. The molecule has 3 aromatic carbocycles. The number of ketones is 1. The monoisotopic (exact) mass is 457 g/mol. The number of hydrogen-bond acceptors (Lipinski definition) is 5. The third kappa shape index (κ3) is 4.59. The van der Waals surface area contributed by atoms with E-state index in [4.69, 9.17) is 9.15 Å². The van der Waals surface area contributed by atoms with Crippen molar-refractivity contribution in [2.75, 3.05) is 26.2 Å². The van der Waals surface area contributed by atoms with Gasteiger partial charge in [0.05, 0.1) is 5.39 Å². The molecule has 1 aliphatic rings. The van der Waals surface area contributed by atoms with E-state index in [-0.39, 0.29) is 12.4 Å². The predicted molar refractivity (Wildman–Crippen MR) is 135 cm³/mol. The van der Waals surface area contributed by atoms with E-state index in [2.05, 4.69) is 47.4 Å². The summed E-state index contributed by atoms with van der Waals surface area (Å²) in [6.07, 6.45) is 1.59. The molecular weight excluding hydrogens is 426 g/mol. The summed E-state index contributed by atoms with van der Waals surface area (Å²) in [5.41, 5.74) is 2.82. The minimum atomic E-state index is -0.591. The van der Waals surface area contributed by atoms with Crippen molar-refractivity contribution in [1.29, 1.82) is 0 Å². The van der Waals surface area contributed by atoms with Gasteiger partial charge in [-0.2, -0.15) is 0 Å². The zero-order chi connectivity index (χ0) is 23.7. The number of carbonyl (C=O) groups is 1. The molecule has 176 valence electrons. The third-order valence-corrected chi connectivity index (χ3v) is 6.97. The number of ether oxygens (including phenoxy) is 1. The molecule has 2 heterocycles. The maximum absolute atomic E-state index is 11.8. The molecule has 0 aliphatic carbocycles. The molecule has 0 radical (unpaired) electrons. The summed E-state index contributed by atoms with van der Waals surface area (Å²) in [6.45, 7) is 6.08. The van der Waals surface area contributed by atoms with Gasteiger partial charge in [-0.25, -0.2) is 0 Å². The van der Waals surface area contributed by atoms with E-state index >= 15 is 0 Å². The lowest BCUT2D eigenvalue weighted by Gasteiger charge is -2.33. The van der Waals surface area contributed by atoms with Gasteiger partial charge >= 0.3 is 0 Å². The van der Waals surface area contributed by atoms with E-state index in [1.165, 1.54) is 23.3 Å². The summed E-state index contributed by atoms with van der Waals surface area (Å²) in [7, 11) is 0. The lowest BCUT2D eigenvalue weighted by Crippen LogP contribution is -2.40.